The minimum absolute atomic E-state index is 0.339. The summed E-state index contributed by atoms with van der Waals surface area (Å²) in [6.45, 7) is 7.24. The number of likely N-dealkylation sites (tertiary alicyclic amines) is 1. The number of fused-ring (bicyclic) bond motifs is 1. The van der Waals surface area contributed by atoms with Crippen molar-refractivity contribution in [1.29, 1.82) is 0 Å². The van der Waals surface area contributed by atoms with E-state index in [2.05, 4.69) is 30.1 Å². The lowest BCUT2D eigenvalue weighted by Crippen LogP contribution is -2.42. The molecule has 0 saturated carbocycles. The van der Waals surface area contributed by atoms with Crippen LogP contribution < -0.4 is 14.8 Å². The third kappa shape index (κ3) is 2.78. The predicted molar refractivity (Wildman–Crippen MR) is 75.9 cm³/mol. The van der Waals surface area contributed by atoms with Crippen molar-refractivity contribution in [2.45, 2.75) is 38.8 Å². The van der Waals surface area contributed by atoms with Gasteiger partial charge in [-0.2, -0.15) is 0 Å². The summed E-state index contributed by atoms with van der Waals surface area (Å²) in [6.07, 6.45) is 2.40. The normalized spacial score (nSPS) is 19.9. The zero-order chi connectivity index (χ0) is 13.2. The molecule has 104 valence electrons. The van der Waals surface area contributed by atoms with Crippen LogP contribution in [0.15, 0.2) is 18.2 Å². The van der Waals surface area contributed by atoms with Crippen molar-refractivity contribution >= 4 is 5.69 Å². The van der Waals surface area contributed by atoms with Crippen LogP contribution in [0.5, 0.6) is 11.5 Å². The van der Waals surface area contributed by atoms with Gasteiger partial charge >= 0.3 is 0 Å². The number of rotatable bonds is 3. The molecule has 2 aliphatic heterocycles. The van der Waals surface area contributed by atoms with E-state index in [9.17, 15) is 0 Å². The Labute approximate surface area is 114 Å². The first kappa shape index (κ1) is 12.6. The second-order valence-corrected chi connectivity index (χ2v) is 5.62. The van der Waals surface area contributed by atoms with Crippen molar-refractivity contribution in [3.63, 3.8) is 0 Å². The van der Waals surface area contributed by atoms with E-state index in [4.69, 9.17) is 9.47 Å². The van der Waals surface area contributed by atoms with E-state index >= 15 is 0 Å². The molecule has 1 N–H and O–H groups in total. The number of nitrogens with zero attached hydrogens (tertiary/aromatic N) is 1. The van der Waals surface area contributed by atoms with E-state index in [1.165, 1.54) is 25.9 Å². The second kappa shape index (κ2) is 5.29. The first-order valence-corrected chi connectivity index (χ1v) is 7.12. The predicted octanol–water partition coefficient (Wildman–Crippen LogP) is 2.70. The van der Waals surface area contributed by atoms with Gasteiger partial charge in [0.1, 0.15) is 0 Å². The number of benzene rings is 1. The Hall–Kier alpha value is -1.42. The summed E-state index contributed by atoms with van der Waals surface area (Å²) >= 11 is 0. The molecule has 2 heterocycles. The Morgan fingerprint density at radius 1 is 1.16 bits per heavy atom. The molecule has 2 aliphatic rings. The van der Waals surface area contributed by atoms with Gasteiger partial charge in [0.15, 0.2) is 11.5 Å². The Bertz CT molecular complexity index is 440. The zero-order valence-electron chi connectivity index (χ0n) is 11.7. The highest BCUT2D eigenvalue weighted by atomic mass is 16.7. The molecule has 0 atom stereocenters. The maximum absolute atomic E-state index is 5.41. The monoisotopic (exact) mass is 262 g/mol. The maximum Gasteiger partial charge on any atom is 0.231 e. The molecule has 0 aromatic heterocycles. The summed E-state index contributed by atoms with van der Waals surface area (Å²) < 4.78 is 10.7. The van der Waals surface area contributed by atoms with E-state index in [0.717, 1.165) is 17.2 Å². The Morgan fingerprint density at radius 3 is 2.63 bits per heavy atom. The number of hydrogen-bond acceptors (Lipinski definition) is 4. The summed E-state index contributed by atoms with van der Waals surface area (Å²) in [4.78, 5) is 2.54. The second-order valence-electron chi connectivity index (χ2n) is 5.62. The zero-order valence-corrected chi connectivity index (χ0v) is 11.7. The fourth-order valence-corrected chi connectivity index (χ4v) is 2.78. The van der Waals surface area contributed by atoms with Crippen molar-refractivity contribution in [3.8, 4) is 11.5 Å². The lowest BCUT2D eigenvalue weighted by atomic mass is 10.0. The van der Waals surface area contributed by atoms with E-state index in [0.29, 0.717) is 18.9 Å². The van der Waals surface area contributed by atoms with Gasteiger partial charge in [-0.3, -0.25) is 0 Å². The van der Waals surface area contributed by atoms with Crippen LogP contribution in [-0.2, 0) is 0 Å². The maximum atomic E-state index is 5.41. The number of nitrogens with one attached hydrogen (secondary N) is 1. The van der Waals surface area contributed by atoms with Crippen molar-refractivity contribution in [2.75, 3.05) is 25.2 Å². The van der Waals surface area contributed by atoms with Crippen LogP contribution in [0.4, 0.5) is 5.69 Å². The fraction of sp³-hybridized carbons (Fsp3) is 0.600. The van der Waals surface area contributed by atoms with Gasteiger partial charge in [-0.1, -0.05) is 0 Å². The van der Waals surface area contributed by atoms with Crippen molar-refractivity contribution in [1.82, 2.24) is 4.90 Å². The number of ether oxygens (including phenoxy) is 2. The Kier molecular flexibility index (Phi) is 3.51. The van der Waals surface area contributed by atoms with Gasteiger partial charge in [-0.05, 0) is 38.8 Å². The number of piperidine rings is 1. The highest BCUT2D eigenvalue weighted by Gasteiger charge is 2.21. The van der Waals surface area contributed by atoms with Gasteiger partial charge in [-0.15, -0.1) is 0 Å². The van der Waals surface area contributed by atoms with Gasteiger partial charge in [0, 0.05) is 36.9 Å². The highest BCUT2D eigenvalue weighted by Crippen LogP contribution is 2.34. The Balaban J connectivity index is 1.58. The lowest BCUT2D eigenvalue weighted by Gasteiger charge is -2.35. The van der Waals surface area contributed by atoms with Gasteiger partial charge in [-0.25, -0.2) is 0 Å². The van der Waals surface area contributed by atoms with Crippen molar-refractivity contribution in [2.24, 2.45) is 0 Å². The lowest BCUT2D eigenvalue weighted by molar-refractivity contribution is 0.174. The summed E-state index contributed by atoms with van der Waals surface area (Å²) in [6, 6.07) is 7.31. The molecule has 0 radical (unpaired) electrons. The first-order valence-electron chi connectivity index (χ1n) is 7.12. The van der Waals surface area contributed by atoms with Crippen LogP contribution in [0.25, 0.3) is 0 Å². The topological polar surface area (TPSA) is 33.7 Å². The molecule has 0 spiro atoms. The molecule has 1 aromatic carbocycles. The highest BCUT2D eigenvalue weighted by molar-refractivity contribution is 5.56. The van der Waals surface area contributed by atoms with Crippen LogP contribution in [0.1, 0.15) is 26.7 Å². The minimum atomic E-state index is 0.339. The van der Waals surface area contributed by atoms with Crippen molar-refractivity contribution in [3.05, 3.63) is 18.2 Å². The molecule has 0 aliphatic carbocycles. The standard InChI is InChI=1S/C15H22N2O2/c1-11(2)17-7-5-12(6-8-17)16-13-3-4-14-15(9-13)19-10-18-14/h3-4,9,11-12,16H,5-8,10H2,1-2H3. The molecule has 1 aromatic rings. The fourth-order valence-electron chi connectivity index (χ4n) is 2.78. The molecule has 4 nitrogen and oxygen atoms in total. The van der Waals surface area contributed by atoms with Gasteiger partial charge in [0.2, 0.25) is 6.79 Å². The first-order chi connectivity index (χ1) is 9.22. The van der Waals surface area contributed by atoms with Gasteiger partial charge < -0.3 is 19.7 Å². The Morgan fingerprint density at radius 2 is 1.89 bits per heavy atom. The van der Waals surface area contributed by atoms with Crippen LogP contribution in [0.3, 0.4) is 0 Å². The molecule has 3 rings (SSSR count). The number of hydrogen-bond donors (Lipinski definition) is 1. The molecule has 19 heavy (non-hydrogen) atoms. The van der Waals surface area contributed by atoms with E-state index in [1.54, 1.807) is 0 Å². The van der Waals surface area contributed by atoms with E-state index < -0.39 is 0 Å². The third-order valence-corrected chi connectivity index (χ3v) is 4.00. The average molecular weight is 262 g/mol. The molecule has 4 heteroatoms. The van der Waals surface area contributed by atoms with Crippen LogP contribution >= 0.6 is 0 Å². The molecule has 1 saturated heterocycles. The molecule has 0 bridgehead atoms. The quantitative estimate of drug-likeness (QED) is 0.908. The largest absolute Gasteiger partial charge is 0.454 e. The van der Waals surface area contributed by atoms with Crippen LogP contribution in [-0.4, -0.2) is 36.9 Å². The summed E-state index contributed by atoms with van der Waals surface area (Å²) in [5.41, 5.74) is 1.13. The SMILES string of the molecule is CC(C)N1CCC(Nc2ccc3c(c2)OCO3)CC1. The summed E-state index contributed by atoms with van der Waals surface area (Å²) in [5.74, 6) is 1.70. The molecule has 0 amide bonds. The average Bonchev–Trinajstić information content (AvgIpc) is 2.87. The van der Waals surface area contributed by atoms with Gasteiger partial charge in [0.05, 0.1) is 0 Å². The molecular formula is C15H22N2O2. The smallest absolute Gasteiger partial charge is 0.231 e. The van der Waals surface area contributed by atoms with E-state index in [1.807, 2.05) is 12.1 Å². The molecular weight excluding hydrogens is 240 g/mol. The summed E-state index contributed by atoms with van der Waals surface area (Å²) in [5, 5.41) is 3.61. The molecule has 0 unspecified atom stereocenters. The van der Waals surface area contributed by atoms with Crippen LogP contribution in [0.2, 0.25) is 0 Å². The summed E-state index contributed by atoms with van der Waals surface area (Å²) in [7, 11) is 0. The van der Waals surface area contributed by atoms with Gasteiger partial charge in [0.25, 0.3) is 0 Å². The third-order valence-electron chi connectivity index (χ3n) is 4.00. The molecule has 1 fully saturated rings. The van der Waals surface area contributed by atoms with E-state index in [-0.39, 0.29) is 0 Å². The van der Waals surface area contributed by atoms with Crippen molar-refractivity contribution < 1.29 is 9.47 Å². The number of anilines is 1. The van der Waals surface area contributed by atoms with Crippen LogP contribution in [0, 0.1) is 0 Å². The minimum Gasteiger partial charge on any atom is -0.454 e.